The number of ketones is 1. The Morgan fingerprint density at radius 1 is 1.27 bits per heavy atom. The highest BCUT2D eigenvalue weighted by molar-refractivity contribution is 5.92. The summed E-state index contributed by atoms with van der Waals surface area (Å²) in [6.07, 6.45) is 14.9. The lowest BCUT2D eigenvalue weighted by atomic mass is 9.47. The van der Waals surface area contributed by atoms with Crippen LogP contribution in [0.5, 0.6) is 0 Å². The molecule has 2 heteroatoms. The maximum Gasteiger partial charge on any atom is 0.156 e. The van der Waals surface area contributed by atoms with Gasteiger partial charge in [-0.3, -0.25) is 4.79 Å². The van der Waals surface area contributed by atoms with Gasteiger partial charge in [0.05, 0.1) is 12.2 Å². The Labute approximate surface area is 156 Å². The van der Waals surface area contributed by atoms with Crippen molar-refractivity contribution >= 4 is 5.78 Å². The predicted octanol–water partition coefficient (Wildman–Crippen LogP) is 4.87. The van der Waals surface area contributed by atoms with Gasteiger partial charge in [0.1, 0.15) is 0 Å². The first kappa shape index (κ1) is 15.9. The van der Waals surface area contributed by atoms with Crippen molar-refractivity contribution in [1.82, 2.24) is 0 Å². The molecule has 1 spiro atoms. The summed E-state index contributed by atoms with van der Waals surface area (Å²) >= 11 is 0. The first-order chi connectivity index (χ1) is 12.6. The van der Waals surface area contributed by atoms with Gasteiger partial charge in [-0.05, 0) is 85.7 Å². The molecule has 0 radical (unpaired) electrons. The number of carbonyl (C=O) groups excluding carboxylic acids is 1. The topological polar surface area (TPSA) is 26.3 Å². The van der Waals surface area contributed by atoms with Gasteiger partial charge in [-0.2, -0.15) is 0 Å². The number of carbonyl (C=O) groups is 1. The minimum Gasteiger partial charge on any atom is -0.366 e. The highest BCUT2D eigenvalue weighted by Gasteiger charge is 2.77. The van der Waals surface area contributed by atoms with Crippen LogP contribution in [0.1, 0.15) is 51.9 Å². The third-order valence-electron chi connectivity index (χ3n) is 9.44. The molecule has 6 rings (SSSR count). The number of hydrogen-bond acceptors (Lipinski definition) is 2. The molecule has 0 aromatic heterocycles. The Balaban J connectivity index is 1.43. The average molecular weight is 351 g/mol. The van der Waals surface area contributed by atoms with E-state index in [-0.39, 0.29) is 5.60 Å². The van der Waals surface area contributed by atoms with E-state index in [1.54, 1.807) is 0 Å². The maximum atomic E-state index is 12.0. The molecule has 1 aliphatic heterocycles. The zero-order chi connectivity index (χ0) is 17.7. The first-order valence-corrected chi connectivity index (χ1v) is 10.9. The second-order valence-electron chi connectivity index (χ2n) is 9.93. The molecule has 0 aromatic rings. The third-order valence-corrected chi connectivity index (χ3v) is 9.44. The zero-order valence-corrected chi connectivity index (χ0v) is 15.9. The predicted molar refractivity (Wildman–Crippen MR) is 101 cm³/mol. The van der Waals surface area contributed by atoms with Crippen molar-refractivity contribution in [2.24, 2.45) is 40.9 Å². The van der Waals surface area contributed by atoms with Crippen LogP contribution in [-0.4, -0.2) is 18.0 Å². The van der Waals surface area contributed by atoms with Crippen LogP contribution in [0.4, 0.5) is 0 Å². The van der Waals surface area contributed by atoms with Crippen molar-refractivity contribution < 1.29 is 9.53 Å². The second-order valence-corrected chi connectivity index (χ2v) is 9.93. The molecule has 1 heterocycles. The molecule has 4 saturated carbocycles. The minimum atomic E-state index is 0.0437. The molecule has 138 valence electrons. The van der Waals surface area contributed by atoms with E-state index < -0.39 is 0 Å². The van der Waals surface area contributed by atoms with Crippen LogP contribution in [0.25, 0.3) is 0 Å². The van der Waals surface area contributed by atoms with Gasteiger partial charge < -0.3 is 4.74 Å². The molecule has 0 aromatic carbocycles. The fourth-order valence-electron chi connectivity index (χ4n) is 8.62. The summed E-state index contributed by atoms with van der Waals surface area (Å²) in [6, 6.07) is 0. The summed E-state index contributed by atoms with van der Waals surface area (Å²) in [4.78, 5) is 12.0. The van der Waals surface area contributed by atoms with Crippen molar-refractivity contribution in [3.05, 3.63) is 36.0 Å². The molecular weight excluding hydrogens is 320 g/mol. The summed E-state index contributed by atoms with van der Waals surface area (Å²) in [7, 11) is 0. The van der Waals surface area contributed by atoms with Crippen molar-refractivity contribution in [2.75, 3.05) is 6.61 Å². The maximum absolute atomic E-state index is 12.0. The van der Waals surface area contributed by atoms with Crippen LogP contribution in [0.15, 0.2) is 36.0 Å². The molecule has 5 aliphatic carbocycles. The van der Waals surface area contributed by atoms with Crippen LogP contribution in [0.2, 0.25) is 0 Å². The van der Waals surface area contributed by atoms with Crippen LogP contribution < -0.4 is 0 Å². The van der Waals surface area contributed by atoms with Crippen molar-refractivity contribution in [3.8, 4) is 0 Å². The second kappa shape index (κ2) is 5.01. The van der Waals surface area contributed by atoms with Gasteiger partial charge in [0, 0.05) is 11.8 Å². The zero-order valence-electron chi connectivity index (χ0n) is 15.9. The number of rotatable bonds is 1. The van der Waals surface area contributed by atoms with E-state index in [2.05, 4.69) is 25.7 Å². The standard InChI is InChI=1S/C24H30O2/c1-3-23-9-7-17-16-6-5-15(25)12-18(16)14(2)11-19(17)22(23)20-13-21(20)24(23)8-4-10-26-24/h4,8,12,16-17,19-22H,2-3,5-7,9-11,13H2,1H3/t16-,17?,19?,20?,21?,22?,23+,24+/m1/s1. The van der Waals surface area contributed by atoms with Gasteiger partial charge in [-0.25, -0.2) is 0 Å². The monoisotopic (exact) mass is 350 g/mol. The summed E-state index contributed by atoms with van der Waals surface area (Å²) in [6.45, 7) is 7.68. The molecule has 0 N–H and O–H groups in total. The molecule has 2 nitrogen and oxygen atoms in total. The lowest BCUT2D eigenvalue weighted by Gasteiger charge is -2.58. The lowest BCUT2D eigenvalue weighted by molar-refractivity contribution is -0.140. The molecule has 6 aliphatic rings. The summed E-state index contributed by atoms with van der Waals surface area (Å²) in [5.41, 5.74) is 2.99. The Hall–Kier alpha value is -1.15. The highest BCUT2D eigenvalue weighted by Crippen LogP contribution is 2.78. The number of fused-ring (bicyclic) bond motifs is 9. The van der Waals surface area contributed by atoms with Crippen molar-refractivity contribution in [1.29, 1.82) is 0 Å². The van der Waals surface area contributed by atoms with Crippen LogP contribution in [-0.2, 0) is 9.53 Å². The van der Waals surface area contributed by atoms with E-state index in [1.807, 2.05) is 6.08 Å². The molecular formula is C24H30O2. The van der Waals surface area contributed by atoms with E-state index in [1.165, 1.54) is 36.8 Å². The van der Waals surface area contributed by atoms with Gasteiger partial charge in [0.15, 0.2) is 5.78 Å². The Morgan fingerprint density at radius 3 is 2.92 bits per heavy atom. The van der Waals surface area contributed by atoms with E-state index in [0.717, 1.165) is 55.5 Å². The minimum absolute atomic E-state index is 0.0437. The van der Waals surface area contributed by atoms with E-state index in [0.29, 0.717) is 17.1 Å². The fraction of sp³-hybridized carbons (Fsp3) is 0.708. The quantitative estimate of drug-likeness (QED) is 0.631. The number of allylic oxidation sites excluding steroid dienone is 2. The Bertz CT molecular complexity index is 760. The molecule has 26 heavy (non-hydrogen) atoms. The molecule has 4 fully saturated rings. The largest absolute Gasteiger partial charge is 0.366 e. The van der Waals surface area contributed by atoms with Gasteiger partial charge in [-0.15, -0.1) is 0 Å². The molecule has 0 saturated heterocycles. The molecule has 5 unspecified atom stereocenters. The number of hydrogen-bond donors (Lipinski definition) is 0. The molecule has 0 bridgehead atoms. The van der Waals surface area contributed by atoms with E-state index >= 15 is 0 Å². The van der Waals surface area contributed by atoms with Crippen molar-refractivity contribution in [3.63, 3.8) is 0 Å². The summed E-state index contributed by atoms with van der Waals surface area (Å²) in [5.74, 6) is 4.89. The Morgan fingerprint density at radius 2 is 2.15 bits per heavy atom. The SMILES string of the molecule is C=C1CC2C(CC[C@@]3(CC)C2C2CC2[C@@]32C=CCO2)[C@H]2CCC(=O)C=C12. The van der Waals surface area contributed by atoms with E-state index in [9.17, 15) is 4.79 Å². The van der Waals surface area contributed by atoms with Crippen molar-refractivity contribution in [2.45, 2.75) is 57.5 Å². The third kappa shape index (κ3) is 1.67. The van der Waals surface area contributed by atoms with E-state index in [4.69, 9.17) is 4.74 Å². The van der Waals surface area contributed by atoms with Crippen LogP contribution in [0, 0.1) is 40.9 Å². The molecule has 0 amide bonds. The summed E-state index contributed by atoms with van der Waals surface area (Å²) < 4.78 is 6.56. The lowest BCUT2D eigenvalue weighted by Crippen LogP contribution is -2.56. The Kier molecular flexibility index (Phi) is 3.06. The summed E-state index contributed by atoms with van der Waals surface area (Å²) in [5, 5.41) is 0. The van der Waals surface area contributed by atoms with Gasteiger partial charge >= 0.3 is 0 Å². The molecule has 8 atom stereocenters. The normalized spacial score (nSPS) is 53.8. The van der Waals surface area contributed by atoms with Gasteiger partial charge in [0.2, 0.25) is 0 Å². The van der Waals surface area contributed by atoms with Gasteiger partial charge in [-0.1, -0.05) is 31.2 Å². The van der Waals surface area contributed by atoms with Gasteiger partial charge in [0.25, 0.3) is 0 Å². The van der Waals surface area contributed by atoms with Crippen LogP contribution >= 0.6 is 0 Å². The highest BCUT2D eigenvalue weighted by atomic mass is 16.5. The number of ether oxygens (including phenoxy) is 1. The fourth-order valence-corrected chi connectivity index (χ4v) is 8.62. The first-order valence-electron chi connectivity index (χ1n) is 10.9. The average Bonchev–Trinajstić information content (AvgIpc) is 3.21. The van der Waals surface area contributed by atoms with Crippen LogP contribution in [0.3, 0.4) is 0 Å². The smallest absolute Gasteiger partial charge is 0.156 e.